The van der Waals surface area contributed by atoms with Crippen molar-refractivity contribution in [2.45, 2.75) is 13.3 Å². The third kappa shape index (κ3) is 3.36. The molecule has 0 aromatic heterocycles. The van der Waals surface area contributed by atoms with Crippen molar-refractivity contribution in [2.24, 2.45) is 0 Å². The van der Waals surface area contributed by atoms with Crippen LogP contribution in [-0.2, 0) is 6.42 Å². The zero-order chi connectivity index (χ0) is 15.4. The van der Waals surface area contributed by atoms with E-state index in [9.17, 15) is 14.9 Å². The van der Waals surface area contributed by atoms with Gasteiger partial charge in [0, 0.05) is 17.8 Å². The summed E-state index contributed by atoms with van der Waals surface area (Å²) in [5.74, 6) is -1.14. The van der Waals surface area contributed by atoms with Crippen molar-refractivity contribution < 1.29 is 14.8 Å². The largest absolute Gasteiger partial charge is 0.478 e. The number of carboxylic acid groups (broad SMARTS) is 1. The van der Waals surface area contributed by atoms with Crippen LogP contribution in [0.5, 0.6) is 0 Å². The number of hydrogen-bond donors (Lipinski definition) is 2. The van der Waals surface area contributed by atoms with Gasteiger partial charge >= 0.3 is 5.97 Å². The van der Waals surface area contributed by atoms with Crippen LogP contribution in [0.1, 0.15) is 22.8 Å². The van der Waals surface area contributed by atoms with Crippen LogP contribution < -0.4 is 5.32 Å². The van der Waals surface area contributed by atoms with E-state index in [1.54, 1.807) is 0 Å². The number of nitrogens with zero attached hydrogens (tertiary/aromatic N) is 1. The Kier molecular flexibility index (Phi) is 4.18. The molecule has 0 aliphatic heterocycles. The molecule has 0 saturated carbocycles. The lowest BCUT2D eigenvalue weighted by Crippen LogP contribution is -2.03. The van der Waals surface area contributed by atoms with Crippen molar-refractivity contribution in [3.63, 3.8) is 0 Å². The van der Waals surface area contributed by atoms with Crippen LogP contribution in [0.15, 0.2) is 42.5 Å². The Morgan fingerprint density at radius 3 is 2.43 bits per heavy atom. The van der Waals surface area contributed by atoms with E-state index in [0.717, 1.165) is 12.0 Å². The summed E-state index contributed by atoms with van der Waals surface area (Å²) in [5, 5.41) is 22.9. The average molecular weight is 286 g/mol. The van der Waals surface area contributed by atoms with Crippen LogP contribution in [0.2, 0.25) is 0 Å². The number of nitro groups is 1. The third-order valence-electron chi connectivity index (χ3n) is 3.09. The van der Waals surface area contributed by atoms with Crippen LogP contribution >= 0.6 is 0 Å². The predicted molar refractivity (Wildman–Crippen MR) is 79.2 cm³/mol. The molecule has 2 rings (SSSR count). The number of non-ortho nitro benzene ring substituents is 1. The molecule has 2 aromatic rings. The van der Waals surface area contributed by atoms with Crippen molar-refractivity contribution in [1.29, 1.82) is 0 Å². The number of carboxylic acids is 1. The van der Waals surface area contributed by atoms with Gasteiger partial charge in [-0.15, -0.1) is 0 Å². The molecular weight excluding hydrogens is 272 g/mol. The number of aryl methyl sites for hydroxylation is 1. The lowest BCUT2D eigenvalue weighted by molar-refractivity contribution is -0.384. The molecule has 0 spiro atoms. The van der Waals surface area contributed by atoms with Crippen LogP contribution in [0, 0.1) is 10.1 Å². The summed E-state index contributed by atoms with van der Waals surface area (Å²) >= 11 is 0. The molecule has 0 saturated heterocycles. The van der Waals surface area contributed by atoms with Gasteiger partial charge in [-0.3, -0.25) is 10.1 Å². The zero-order valence-corrected chi connectivity index (χ0v) is 11.4. The van der Waals surface area contributed by atoms with Gasteiger partial charge in [0.2, 0.25) is 0 Å². The van der Waals surface area contributed by atoms with Gasteiger partial charge in [0.1, 0.15) is 0 Å². The molecule has 0 amide bonds. The van der Waals surface area contributed by atoms with Crippen molar-refractivity contribution >= 4 is 23.0 Å². The number of rotatable bonds is 5. The minimum Gasteiger partial charge on any atom is -0.478 e. The van der Waals surface area contributed by atoms with Gasteiger partial charge in [0.25, 0.3) is 5.69 Å². The average Bonchev–Trinajstić information content (AvgIpc) is 2.47. The van der Waals surface area contributed by atoms with Gasteiger partial charge in [-0.1, -0.05) is 19.1 Å². The third-order valence-corrected chi connectivity index (χ3v) is 3.09. The summed E-state index contributed by atoms with van der Waals surface area (Å²) in [6.07, 6.45) is 0.900. The Morgan fingerprint density at radius 1 is 1.24 bits per heavy atom. The standard InChI is InChI=1S/C15H14N2O4/c1-2-10-3-5-11(6-4-10)16-14-9-12(17(20)21)7-8-13(14)15(18)19/h3-9,16H,2H2,1H3,(H,18,19). The highest BCUT2D eigenvalue weighted by Gasteiger charge is 2.15. The highest BCUT2D eigenvalue weighted by Crippen LogP contribution is 2.26. The van der Waals surface area contributed by atoms with Gasteiger partial charge in [0.05, 0.1) is 16.2 Å². The normalized spacial score (nSPS) is 10.1. The first-order valence-electron chi connectivity index (χ1n) is 6.39. The molecule has 2 aromatic carbocycles. The minimum absolute atomic E-state index is 0.0137. The van der Waals surface area contributed by atoms with Gasteiger partial charge < -0.3 is 10.4 Å². The molecule has 0 aliphatic rings. The fourth-order valence-electron chi connectivity index (χ4n) is 1.91. The summed E-state index contributed by atoms with van der Waals surface area (Å²) in [6.45, 7) is 2.03. The fourth-order valence-corrected chi connectivity index (χ4v) is 1.91. The molecule has 0 heterocycles. The molecule has 108 valence electrons. The molecule has 6 heteroatoms. The van der Waals surface area contributed by atoms with Gasteiger partial charge in [0.15, 0.2) is 0 Å². The van der Waals surface area contributed by atoms with E-state index in [2.05, 4.69) is 5.32 Å². The highest BCUT2D eigenvalue weighted by molar-refractivity contribution is 5.95. The first-order valence-corrected chi connectivity index (χ1v) is 6.39. The SMILES string of the molecule is CCc1ccc(Nc2cc([N+](=O)[O-])ccc2C(=O)O)cc1. The molecule has 0 fully saturated rings. The van der Waals surface area contributed by atoms with Crippen LogP contribution in [0.4, 0.5) is 17.1 Å². The second kappa shape index (κ2) is 6.04. The lowest BCUT2D eigenvalue weighted by atomic mass is 10.1. The van der Waals surface area contributed by atoms with E-state index in [1.165, 1.54) is 18.2 Å². The second-order valence-electron chi connectivity index (χ2n) is 4.47. The van der Waals surface area contributed by atoms with Crippen LogP contribution in [-0.4, -0.2) is 16.0 Å². The Balaban J connectivity index is 2.37. The molecule has 0 bridgehead atoms. The minimum atomic E-state index is -1.14. The summed E-state index contributed by atoms with van der Waals surface area (Å²) in [5.41, 5.74) is 1.85. The number of anilines is 2. The Bertz CT molecular complexity index is 681. The number of nitrogens with one attached hydrogen (secondary N) is 1. The molecule has 6 nitrogen and oxygen atoms in total. The number of benzene rings is 2. The zero-order valence-electron chi connectivity index (χ0n) is 11.4. The topological polar surface area (TPSA) is 92.5 Å². The Hall–Kier alpha value is -2.89. The van der Waals surface area contributed by atoms with E-state index in [1.807, 2.05) is 31.2 Å². The maximum absolute atomic E-state index is 11.2. The highest BCUT2D eigenvalue weighted by atomic mass is 16.6. The summed E-state index contributed by atoms with van der Waals surface area (Å²) in [7, 11) is 0. The van der Waals surface area contributed by atoms with Gasteiger partial charge in [-0.25, -0.2) is 4.79 Å². The van der Waals surface area contributed by atoms with Crippen LogP contribution in [0.25, 0.3) is 0 Å². The summed E-state index contributed by atoms with van der Waals surface area (Å²) < 4.78 is 0. The first-order chi connectivity index (χ1) is 10.0. The van der Waals surface area contributed by atoms with E-state index < -0.39 is 10.9 Å². The van der Waals surface area contributed by atoms with Crippen molar-refractivity contribution in [3.8, 4) is 0 Å². The van der Waals surface area contributed by atoms with E-state index in [4.69, 9.17) is 5.11 Å². The monoisotopic (exact) mass is 286 g/mol. The molecule has 2 N–H and O–H groups in total. The maximum Gasteiger partial charge on any atom is 0.337 e. The van der Waals surface area contributed by atoms with Crippen LogP contribution in [0.3, 0.4) is 0 Å². The summed E-state index contributed by atoms with van der Waals surface area (Å²) in [6, 6.07) is 11.1. The van der Waals surface area contributed by atoms with Gasteiger partial charge in [-0.2, -0.15) is 0 Å². The number of carbonyl (C=O) groups is 1. The van der Waals surface area contributed by atoms with Crippen molar-refractivity contribution in [1.82, 2.24) is 0 Å². The quantitative estimate of drug-likeness (QED) is 0.647. The van der Waals surface area contributed by atoms with E-state index in [0.29, 0.717) is 5.69 Å². The molecule has 0 radical (unpaired) electrons. The number of aromatic carboxylic acids is 1. The molecular formula is C15H14N2O4. The number of nitro benzene ring substituents is 1. The van der Waals surface area contributed by atoms with Gasteiger partial charge in [-0.05, 0) is 30.2 Å². The maximum atomic E-state index is 11.2. The molecule has 0 unspecified atom stereocenters. The lowest BCUT2D eigenvalue weighted by Gasteiger charge is -2.10. The molecule has 0 aliphatic carbocycles. The Labute approximate surface area is 121 Å². The predicted octanol–water partition coefficient (Wildman–Crippen LogP) is 3.60. The summed E-state index contributed by atoms with van der Waals surface area (Å²) in [4.78, 5) is 21.4. The molecule has 0 atom stereocenters. The second-order valence-corrected chi connectivity index (χ2v) is 4.47. The van der Waals surface area contributed by atoms with E-state index in [-0.39, 0.29) is 16.9 Å². The number of hydrogen-bond acceptors (Lipinski definition) is 4. The fraction of sp³-hybridized carbons (Fsp3) is 0.133. The van der Waals surface area contributed by atoms with E-state index >= 15 is 0 Å². The Morgan fingerprint density at radius 2 is 1.90 bits per heavy atom. The van der Waals surface area contributed by atoms with Crippen molar-refractivity contribution in [2.75, 3.05) is 5.32 Å². The smallest absolute Gasteiger partial charge is 0.337 e. The first kappa shape index (κ1) is 14.5. The van der Waals surface area contributed by atoms with Crippen molar-refractivity contribution in [3.05, 3.63) is 63.7 Å². The molecule has 21 heavy (non-hydrogen) atoms.